The second-order valence-corrected chi connectivity index (χ2v) is 2.77. The van der Waals surface area contributed by atoms with Gasteiger partial charge in [0, 0.05) is 11.9 Å². The van der Waals surface area contributed by atoms with Crippen LogP contribution in [0.25, 0.3) is 0 Å². The average Bonchev–Trinajstić information content (AvgIpc) is 2.50. The minimum atomic E-state index is -0.301. The van der Waals surface area contributed by atoms with E-state index in [0.29, 0.717) is 13.1 Å². The van der Waals surface area contributed by atoms with Crippen LogP contribution in [0, 0.1) is 0 Å². The Morgan fingerprint density at radius 1 is 1.50 bits per heavy atom. The summed E-state index contributed by atoms with van der Waals surface area (Å²) in [6.45, 7) is 0.859. The molecule has 0 aliphatic carbocycles. The van der Waals surface area contributed by atoms with E-state index < -0.39 is 0 Å². The van der Waals surface area contributed by atoms with Crippen molar-refractivity contribution in [2.45, 2.75) is 19.4 Å². The van der Waals surface area contributed by atoms with Gasteiger partial charge in [0.15, 0.2) is 0 Å². The Kier molecular flexibility index (Phi) is 3.80. The summed E-state index contributed by atoms with van der Waals surface area (Å²) >= 11 is 0. The highest BCUT2D eigenvalue weighted by molar-refractivity contribution is 5.07. The molecule has 0 saturated carbocycles. The number of halogens is 1. The third kappa shape index (κ3) is 2.34. The fraction of sp³-hybridized carbons (Fsp3) is 0.556. The zero-order valence-electron chi connectivity index (χ0n) is 7.17. The van der Waals surface area contributed by atoms with Gasteiger partial charge in [0.1, 0.15) is 6.67 Å². The maximum absolute atomic E-state index is 12.0. The Balaban J connectivity index is 2.51. The molecule has 3 heteroatoms. The van der Waals surface area contributed by atoms with Crippen LogP contribution < -0.4 is 5.73 Å². The molecule has 0 radical (unpaired) electrons. The summed E-state index contributed by atoms with van der Waals surface area (Å²) in [5.41, 5.74) is 6.56. The van der Waals surface area contributed by atoms with Crippen molar-refractivity contribution < 1.29 is 4.39 Å². The number of rotatable bonds is 5. The number of aromatic nitrogens is 1. The topological polar surface area (TPSA) is 30.9 Å². The van der Waals surface area contributed by atoms with Crippen molar-refractivity contribution in [1.29, 1.82) is 0 Å². The Labute approximate surface area is 72.2 Å². The number of aryl methyl sites for hydroxylation is 2. The minimum Gasteiger partial charge on any atom is -0.349 e. The van der Waals surface area contributed by atoms with Gasteiger partial charge < -0.3 is 10.3 Å². The van der Waals surface area contributed by atoms with Crippen molar-refractivity contribution in [2.24, 2.45) is 5.73 Å². The number of nitrogens with two attached hydrogens (primary N) is 1. The molecule has 0 spiro atoms. The van der Waals surface area contributed by atoms with E-state index in [9.17, 15) is 4.39 Å². The summed E-state index contributed by atoms with van der Waals surface area (Å²) in [4.78, 5) is 0. The van der Waals surface area contributed by atoms with Crippen LogP contribution in [0.4, 0.5) is 4.39 Å². The van der Waals surface area contributed by atoms with Crippen molar-refractivity contribution in [3.8, 4) is 0 Å². The zero-order chi connectivity index (χ0) is 8.81. The third-order valence-electron chi connectivity index (χ3n) is 1.89. The molecule has 0 atom stereocenters. The molecule has 0 bridgehead atoms. The molecule has 0 aliphatic heterocycles. The van der Waals surface area contributed by atoms with Gasteiger partial charge in [0.05, 0.1) is 6.54 Å². The van der Waals surface area contributed by atoms with Crippen LogP contribution in [0.3, 0.4) is 0 Å². The molecule has 1 heterocycles. The van der Waals surface area contributed by atoms with Gasteiger partial charge in [-0.3, -0.25) is 0 Å². The van der Waals surface area contributed by atoms with Crippen LogP contribution >= 0.6 is 0 Å². The molecule has 0 amide bonds. The van der Waals surface area contributed by atoms with Gasteiger partial charge in [-0.05, 0) is 31.5 Å². The van der Waals surface area contributed by atoms with Crippen LogP contribution in [0.1, 0.15) is 12.1 Å². The molecule has 0 aliphatic rings. The van der Waals surface area contributed by atoms with Gasteiger partial charge in [-0.1, -0.05) is 0 Å². The molecule has 2 nitrogen and oxygen atoms in total. The first kappa shape index (κ1) is 9.26. The average molecular weight is 170 g/mol. The van der Waals surface area contributed by atoms with Gasteiger partial charge >= 0.3 is 0 Å². The molecule has 1 rings (SSSR count). The number of nitrogens with zero attached hydrogens (tertiary/aromatic N) is 1. The molecule has 0 fully saturated rings. The van der Waals surface area contributed by atoms with Crippen LogP contribution in [-0.4, -0.2) is 17.8 Å². The van der Waals surface area contributed by atoms with Crippen LogP contribution in [0.2, 0.25) is 0 Å². The minimum absolute atomic E-state index is 0.301. The second-order valence-electron chi connectivity index (χ2n) is 2.77. The molecule has 0 aromatic carbocycles. The highest BCUT2D eigenvalue weighted by Gasteiger charge is 1.98. The zero-order valence-corrected chi connectivity index (χ0v) is 7.17. The summed E-state index contributed by atoms with van der Waals surface area (Å²) in [5.74, 6) is 0. The van der Waals surface area contributed by atoms with Crippen molar-refractivity contribution >= 4 is 0 Å². The second kappa shape index (κ2) is 4.93. The van der Waals surface area contributed by atoms with Gasteiger partial charge in [0.2, 0.25) is 0 Å². The Morgan fingerprint density at radius 2 is 2.33 bits per heavy atom. The molecule has 2 N–H and O–H groups in total. The van der Waals surface area contributed by atoms with Crippen molar-refractivity contribution in [3.63, 3.8) is 0 Å². The smallest absolute Gasteiger partial charge is 0.107 e. The molecule has 0 unspecified atom stereocenters. The third-order valence-corrected chi connectivity index (χ3v) is 1.89. The Bertz CT molecular complexity index is 220. The summed E-state index contributed by atoms with van der Waals surface area (Å²) in [7, 11) is 0. The van der Waals surface area contributed by atoms with Crippen LogP contribution in [0.15, 0.2) is 18.3 Å². The fourth-order valence-electron chi connectivity index (χ4n) is 1.27. The van der Waals surface area contributed by atoms with Gasteiger partial charge in [-0.2, -0.15) is 0 Å². The maximum atomic E-state index is 12.0. The maximum Gasteiger partial charge on any atom is 0.107 e. The van der Waals surface area contributed by atoms with Crippen molar-refractivity contribution in [2.75, 3.05) is 13.2 Å². The Hall–Kier alpha value is -0.830. The fourth-order valence-corrected chi connectivity index (χ4v) is 1.27. The largest absolute Gasteiger partial charge is 0.349 e. The number of hydrogen-bond acceptors (Lipinski definition) is 1. The van der Waals surface area contributed by atoms with E-state index in [1.54, 1.807) is 0 Å². The van der Waals surface area contributed by atoms with Gasteiger partial charge in [0.25, 0.3) is 0 Å². The summed E-state index contributed by atoms with van der Waals surface area (Å²) in [6.07, 6.45) is 3.82. The first-order valence-electron chi connectivity index (χ1n) is 4.28. The molecular weight excluding hydrogens is 155 g/mol. The normalized spacial score (nSPS) is 10.5. The van der Waals surface area contributed by atoms with E-state index in [1.165, 1.54) is 5.69 Å². The summed E-state index contributed by atoms with van der Waals surface area (Å²) in [6, 6.07) is 3.97. The van der Waals surface area contributed by atoms with E-state index in [1.807, 2.05) is 22.9 Å². The lowest BCUT2D eigenvalue weighted by Gasteiger charge is -2.05. The first-order valence-corrected chi connectivity index (χ1v) is 4.28. The monoisotopic (exact) mass is 170 g/mol. The molecule has 68 valence electrons. The van der Waals surface area contributed by atoms with Crippen molar-refractivity contribution in [1.82, 2.24) is 4.57 Å². The summed E-state index contributed by atoms with van der Waals surface area (Å²) in [5, 5.41) is 0. The number of hydrogen-bond donors (Lipinski definition) is 1. The molecule has 1 aromatic rings. The lowest BCUT2D eigenvalue weighted by atomic mass is 10.2. The first-order chi connectivity index (χ1) is 5.88. The van der Waals surface area contributed by atoms with Gasteiger partial charge in [-0.15, -0.1) is 0 Å². The van der Waals surface area contributed by atoms with E-state index in [-0.39, 0.29) is 6.67 Å². The molecular formula is C9H15FN2. The quantitative estimate of drug-likeness (QED) is 0.710. The highest BCUT2D eigenvalue weighted by Crippen LogP contribution is 2.04. The van der Waals surface area contributed by atoms with E-state index in [2.05, 4.69) is 0 Å². The molecule has 1 aromatic heterocycles. The predicted molar refractivity (Wildman–Crippen MR) is 47.8 cm³/mol. The predicted octanol–water partition coefficient (Wildman–Crippen LogP) is 1.35. The summed E-state index contributed by atoms with van der Waals surface area (Å²) < 4.78 is 14.0. The van der Waals surface area contributed by atoms with Crippen molar-refractivity contribution in [3.05, 3.63) is 24.0 Å². The van der Waals surface area contributed by atoms with E-state index >= 15 is 0 Å². The lowest BCUT2D eigenvalue weighted by Crippen LogP contribution is -2.06. The lowest BCUT2D eigenvalue weighted by molar-refractivity contribution is 0.440. The molecule has 12 heavy (non-hydrogen) atoms. The van der Waals surface area contributed by atoms with Crippen LogP contribution in [-0.2, 0) is 13.0 Å². The number of alkyl halides is 1. The van der Waals surface area contributed by atoms with E-state index in [0.717, 1.165) is 12.8 Å². The Morgan fingerprint density at radius 3 is 3.00 bits per heavy atom. The SMILES string of the molecule is NCCCc1cccn1CCF. The van der Waals surface area contributed by atoms with Gasteiger partial charge in [-0.25, -0.2) is 4.39 Å². The standard InChI is InChI=1S/C9H15FN2/c10-5-8-12-7-2-4-9(12)3-1-6-11/h2,4,7H,1,3,5-6,8,11H2. The van der Waals surface area contributed by atoms with E-state index in [4.69, 9.17) is 5.73 Å². The van der Waals surface area contributed by atoms with Crippen LogP contribution in [0.5, 0.6) is 0 Å². The highest BCUT2D eigenvalue weighted by atomic mass is 19.1. The molecule has 0 saturated heterocycles.